The summed E-state index contributed by atoms with van der Waals surface area (Å²) in [5, 5.41) is 0. The van der Waals surface area contributed by atoms with Gasteiger partial charge in [-0.05, 0) is 38.1 Å². The molecule has 0 atom stereocenters. The minimum atomic E-state index is -0.434. The van der Waals surface area contributed by atoms with Crippen LogP contribution < -0.4 is 11.3 Å². The summed E-state index contributed by atoms with van der Waals surface area (Å²) < 4.78 is 5.74. The Hall–Kier alpha value is -1.20. The molecule has 1 aliphatic carbocycles. The van der Waals surface area contributed by atoms with E-state index in [4.69, 9.17) is 10.5 Å². The fourth-order valence-electron chi connectivity index (χ4n) is 2.77. The van der Waals surface area contributed by atoms with Gasteiger partial charge in [0.15, 0.2) is 0 Å². The molecule has 1 aliphatic rings. The second-order valence-corrected chi connectivity index (χ2v) is 5.50. The van der Waals surface area contributed by atoms with Crippen molar-refractivity contribution >= 4 is 0 Å². The number of nitrogens with two attached hydrogens (primary N) is 1. The zero-order valence-corrected chi connectivity index (χ0v) is 11.7. The number of H-pyrrole nitrogens is 1. The molecule has 106 valence electrons. The van der Waals surface area contributed by atoms with Crippen LogP contribution in [0, 0.1) is 5.92 Å². The second-order valence-electron chi connectivity index (χ2n) is 5.50. The Morgan fingerprint density at radius 3 is 2.79 bits per heavy atom. The normalized spacial score (nSPS) is 27.4. The molecule has 5 heteroatoms. The Morgan fingerprint density at radius 2 is 2.21 bits per heavy atom. The fraction of sp³-hybridized carbons (Fsp3) is 0.714. The number of rotatable bonds is 4. The third-order valence-corrected chi connectivity index (χ3v) is 4.10. The molecule has 0 aromatic carbocycles. The van der Waals surface area contributed by atoms with E-state index in [0.29, 0.717) is 24.7 Å². The van der Waals surface area contributed by atoms with E-state index in [-0.39, 0.29) is 5.56 Å². The van der Waals surface area contributed by atoms with Gasteiger partial charge in [0.2, 0.25) is 0 Å². The predicted octanol–water partition coefficient (Wildman–Crippen LogP) is 1.32. The van der Waals surface area contributed by atoms with Crippen LogP contribution in [0.3, 0.4) is 0 Å². The van der Waals surface area contributed by atoms with Gasteiger partial charge in [-0.15, -0.1) is 0 Å². The molecule has 2 rings (SSSR count). The molecule has 5 nitrogen and oxygen atoms in total. The Kier molecular flexibility index (Phi) is 4.37. The number of aromatic nitrogens is 2. The Balaban J connectivity index is 2.35. The maximum atomic E-state index is 11.8. The van der Waals surface area contributed by atoms with Crippen LogP contribution in [-0.2, 0) is 16.8 Å². The number of nitrogens with zero attached hydrogens (tertiary/aromatic N) is 1. The summed E-state index contributed by atoms with van der Waals surface area (Å²) in [5.41, 5.74) is 5.73. The number of aromatic amines is 1. The number of hydrogen-bond acceptors (Lipinski definition) is 4. The molecule has 1 saturated carbocycles. The molecular formula is C14H23N3O2. The van der Waals surface area contributed by atoms with Crippen LogP contribution >= 0.6 is 0 Å². The molecule has 0 amide bonds. The van der Waals surface area contributed by atoms with Crippen molar-refractivity contribution in [1.82, 2.24) is 9.97 Å². The average Bonchev–Trinajstić information content (AvgIpc) is 2.40. The summed E-state index contributed by atoms with van der Waals surface area (Å²) in [6.07, 6.45) is 4.61. The van der Waals surface area contributed by atoms with Crippen LogP contribution in [0.5, 0.6) is 0 Å². The largest absolute Gasteiger partial charge is 0.370 e. The first-order chi connectivity index (χ1) is 9.09. The van der Waals surface area contributed by atoms with E-state index in [2.05, 4.69) is 16.9 Å². The van der Waals surface area contributed by atoms with E-state index in [0.717, 1.165) is 31.4 Å². The van der Waals surface area contributed by atoms with Crippen molar-refractivity contribution in [1.29, 1.82) is 0 Å². The lowest BCUT2D eigenvalue weighted by Crippen LogP contribution is -2.37. The van der Waals surface area contributed by atoms with Gasteiger partial charge in [0, 0.05) is 25.3 Å². The van der Waals surface area contributed by atoms with E-state index in [1.807, 2.05) is 0 Å². The first kappa shape index (κ1) is 14.2. The van der Waals surface area contributed by atoms with Gasteiger partial charge < -0.3 is 15.5 Å². The fourth-order valence-corrected chi connectivity index (χ4v) is 2.77. The number of hydrogen-bond donors (Lipinski definition) is 2. The molecule has 1 aromatic rings. The van der Waals surface area contributed by atoms with Crippen molar-refractivity contribution in [3.8, 4) is 0 Å². The summed E-state index contributed by atoms with van der Waals surface area (Å²) >= 11 is 0. The number of nitrogens with one attached hydrogen (secondary N) is 1. The molecule has 19 heavy (non-hydrogen) atoms. The number of methoxy groups -OCH3 is 1. The van der Waals surface area contributed by atoms with Crippen molar-refractivity contribution in [2.24, 2.45) is 11.7 Å². The standard InChI is InChI=1S/C14H23N3O2/c1-10-3-6-14(19-2,7-4-10)13-16-11(5-8-15)9-12(18)17-13/h9-10H,3-8,15H2,1-2H3,(H,16,17,18). The Morgan fingerprint density at radius 1 is 1.53 bits per heavy atom. The summed E-state index contributed by atoms with van der Waals surface area (Å²) in [6.45, 7) is 2.74. The molecule has 0 spiro atoms. The van der Waals surface area contributed by atoms with Gasteiger partial charge in [-0.25, -0.2) is 4.98 Å². The lowest BCUT2D eigenvalue weighted by molar-refractivity contribution is -0.0600. The highest BCUT2D eigenvalue weighted by molar-refractivity contribution is 5.10. The van der Waals surface area contributed by atoms with E-state index >= 15 is 0 Å². The smallest absolute Gasteiger partial charge is 0.251 e. The van der Waals surface area contributed by atoms with Crippen molar-refractivity contribution in [2.75, 3.05) is 13.7 Å². The minimum Gasteiger partial charge on any atom is -0.370 e. The molecule has 1 fully saturated rings. The van der Waals surface area contributed by atoms with Gasteiger partial charge in [-0.1, -0.05) is 6.92 Å². The minimum absolute atomic E-state index is 0.122. The van der Waals surface area contributed by atoms with Gasteiger partial charge in [-0.2, -0.15) is 0 Å². The topological polar surface area (TPSA) is 81.0 Å². The van der Waals surface area contributed by atoms with Gasteiger partial charge in [-0.3, -0.25) is 4.79 Å². The van der Waals surface area contributed by atoms with Crippen LogP contribution in [0.4, 0.5) is 0 Å². The summed E-state index contributed by atoms with van der Waals surface area (Å²) in [7, 11) is 1.70. The Labute approximate surface area is 113 Å². The highest BCUT2D eigenvalue weighted by atomic mass is 16.5. The average molecular weight is 265 g/mol. The second kappa shape index (κ2) is 5.84. The quantitative estimate of drug-likeness (QED) is 0.860. The van der Waals surface area contributed by atoms with E-state index in [1.54, 1.807) is 7.11 Å². The van der Waals surface area contributed by atoms with E-state index in [9.17, 15) is 4.79 Å². The molecule has 0 aliphatic heterocycles. The lowest BCUT2D eigenvalue weighted by atomic mass is 9.79. The molecule has 0 radical (unpaired) electrons. The first-order valence-corrected chi connectivity index (χ1v) is 6.95. The summed E-state index contributed by atoms with van der Waals surface area (Å²) in [4.78, 5) is 19.2. The summed E-state index contributed by atoms with van der Waals surface area (Å²) in [5.74, 6) is 1.38. The van der Waals surface area contributed by atoms with Crippen LogP contribution in [0.25, 0.3) is 0 Å². The van der Waals surface area contributed by atoms with E-state index in [1.165, 1.54) is 6.07 Å². The maximum Gasteiger partial charge on any atom is 0.251 e. The van der Waals surface area contributed by atoms with E-state index < -0.39 is 5.60 Å². The highest BCUT2D eigenvalue weighted by Crippen LogP contribution is 2.40. The molecule has 0 saturated heterocycles. The molecule has 1 heterocycles. The molecule has 0 bridgehead atoms. The van der Waals surface area contributed by atoms with Gasteiger partial charge >= 0.3 is 0 Å². The maximum absolute atomic E-state index is 11.8. The van der Waals surface area contributed by atoms with Crippen LogP contribution in [-0.4, -0.2) is 23.6 Å². The van der Waals surface area contributed by atoms with Gasteiger partial charge in [0.25, 0.3) is 5.56 Å². The zero-order chi connectivity index (χ0) is 13.9. The Bertz CT molecular complexity index is 476. The SMILES string of the molecule is COC1(c2nc(CCN)cc(=O)[nH]2)CCC(C)CC1. The number of ether oxygens (including phenoxy) is 1. The lowest BCUT2D eigenvalue weighted by Gasteiger charge is -2.37. The zero-order valence-electron chi connectivity index (χ0n) is 11.7. The van der Waals surface area contributed by atoms with Crippen LogP contribution in [0.15, 0.2) is 10.9 Å². The molecule has 0 unspecified atom stereocenters. The highest BCUT2D eigenvalue weighted by Gasteiger charge is 2.38. The van der Waals surface area contributed by atoms with Gasteiger partial charge in [0.1, 0.15) is 11.4 Å². The first-order valence-electron chi connectivity index (χ1n) is 6.95. The van der Waals surface area contributed by atoms with Crippen LogP contribution in [0.1, 0.15) is 44.1 Å². The van der Waals surface area contributed by atoms with Gasteiger partial charge in [0.05, 0.1) is 0 Å². The summed E-state index contributed by atoms with van der Waals surface area (Å²) in [6, 6.07) is 1.52. The monoisotopic (exact) mass is 265 g/mol. The van der Waals surface area contributed by atoms with Crippen LogP contribution in [0.2, 0.25) is 0 Å². The van der Waals surface area contributed by atoms with Crippen molar-refractivity contribution in [3.63, 3.8) is 0 Å². The molecule has 1 aromatic heterocycles. The third-order valence-electron chi connectivity index (χ3n) is 4.10. The van der Waals surface area contributed by atoms with Crippen molar-refractivity contribution in [2.45, 2.75) is 44.6 Å². The van der Waals surface area contributed by atoms with Crippen molar-refractivity contribution < 1.29 is 4.74 Å². The third kappa shape index (κ3) is 3.04. The predicted molar refractivity (Wildman–Crippen MR) is 73.9 cm³/mol. The molecular weight excluding hydrogens is 242 g/mol. The van der Waals surface area contributed by atoms with Crippen molar-refractivity contribution in [3.05, 3.63) is 27.9 Å². The molecule has 3 N–H and O–H groups in total.